The lowest BCUT2D eigenvalue weighted by molar-refractivity contribution is 0.0679. The molecule has 1 amide bonds. The van der Waals surface area contributed by atoms with Crippen molar-refractivity contribution in [1.29, 1.82) is 0 Å². The molecule has 0 saturated carbocycles. The zero-order valence-electron chi connectivity index (χ0n) is 16.9. The van der Waals surface area contributed by atoms with Crippen LogP contribution in [-0.2, 0) is 11.3 Å². The quantitative estimate of drug-likeness (QED) is 0.595. The number of ether oxygens (including phenoxy) is 2. The summed E-state index contributed by atoms with van der Waals surface area (Å²) in [6.07, 6.45) is 3.79. The number of aromatic nitrogens is 1. The van der Waals surface area contributed by atoms with Gasteiger partial charge in [-0.3, -0.25) is 9.59 Å². The van der Waals surface area contributed by atoms with Gasteiger partial charge in [-0.1, -0.05) is 29.8 Å². The molecule has 0 bridgehead atoms. The summed E-state index contributed by atoms with van der Waals surface area (Å²) in [7, 11) is 0. The van der Waals surface area contributed by atoms with Gasteiger partial charge in [-0.05, 0) is 54.8 Å². The van der Waals surface area contributed by atoms with Gasteiger partial charge >= 0.3 is 0 Å². The molecular formula is C24H23ClN2O4. The van der Waals surface area contributed by atoms with Crippen molar-refractivity contribution in [2.75, 3.05) is 18.5 Å². The summed E-state index contributed by atoms with van der Waals surface area (Å²) in [6, 6.07) is 17.4. The van der Waals surface area contributed by atoms with Crippen molar-refractivity contribution in [2.45, 2.75) is 25.5 Å². The first kappa shape index (κ1) is 21.2. The van der Waals surface area contributed by atoms with Gasteiger partial charge in [0.2, 0.25) is 0 Å². The molecule has 1 atom stereocenters. The van der Waals surface area contributed by atoms with E-state index in [9.17, 15) is 9.59 Å². The van der Waals surface area contributed by atoms with E-state index in [-0.39, 0.29) is 24.1 Å². The monoisotopic (exact) mass is 438 g/mol. The SMILES string of the molecule is O=C(Nc1ccc(OCC2CCCO2)cc1)c1ccc(=O)n(Cc2ccccc2Cl)c1. The molecule has 0 radical (unpaired) electrons. The lowest BCUT2D eigenvalue weighted by Crippen LogP contribution is -2.22. The maximum Gasteiger partial charge on any atom is 0.257 e. The Morgan fingerprint density at radius 3 is 2.68 bits per heavy atom. The zero-order chi connectivity index (χ0) is 21.6. The smallest absolute Gasteiger partial charge is 0.257 e. The molecule has 0 spiro atoms. The second kappa shape index (κ2) is 9.81. The van der Waals surface area contributed by atoms with Crippen molar-refractivity contribution in [3.63, 3.8) is 0 Å². The van der Waals surface area contributed by atoms with E-state index in [1.807, 2.05) is 30.3 Å². The molecule has 31 heavy (non-hydrogen) atoms. The van der Waals surface area contributed by atoms with Gasteiger partial charge in [0.15, 0.2) is 0 Å². The average molecular weight is 439 g/mol. The van der Waals surface area contributed by atoms with Crippen LogP contribution in [0.2, 0.25) is 5.02 Å². The summed E-state index contributed by atoms with van der Waals surface area (Å²) in [5.41, 5.74) is 1.62. The maximum atomic E-state index is 12.7. The fourth-order valence-corrected chi connectivity index (χ4v) is 3.60. The van der Waals surface area contributed by atoms with E-state index in [4.69, 9.17) is 21.1 Å². The highest BCUT2D eigenvalue weighted by atomic mass is 35.5. The molecule has 7 heteroatoms. The van der Waals surface area contributed by atoms with Gasteiger partial charge in [0, 0.05) is 29.6 Å². The topological polar surface area (TPSA) is 69.6 Å². The summed E-state index contributed by atoms with van der Waals surface area (Å²) < 4.78 is 12.8. The van der Waals surface area contributed by atoms with Crippen LogP contribution in [0.5, 0.6) is 5.75 Å². The van der Waals surface area contributed by atoms with Gasteiger partial charge in [0.1, 0.15) is 12.4 Å². The van der Waals surface area contributed by atoms with Crippen LogP contribution in [0.1, 0.15) is 28.8 Å². The number of halogens is 1. The minimum Gasteiger partial charge on any atom is -0.491 e. The summed E-state index contributed by atoms with van der Waals surface area (Å²) in [5, 5.41) is 3.42. The molecule has 1 aromatic heterocycles. The first-order valence-electron chi connectivity index (χ1n) is 10.2. The highest BCUT2D eigenvalue weighted by Gasteiger charge is 2.16. The molecule has 1 aliphatic heterocycles. The Bertz CT molecular complexity index is 1110. The number of hydrogen-bond acceptors (Lipinski definition) is 4. The van der Waals surface area contributed by atoms with Crippen LogP contribution >= 0.6 is 11.6 Å². The molecule has 6 nitrogen and oxygen atoms in total. The van der Waals surface area contributed by atoms with Gasteiger partial charge in [-0.2, -0.15) is 0 Å². The van der Waals surface area contributed by atoms with Crippen molar-refractivity contribution in [1.82, 2.24) is 4.57 Å². The highest BCUT2D eigenvalue weighted by molar-refractivity contribution is 6.31. The Kier molecular flexibility index (Phi) is 6.70. The number of rotatable bonds is 7. The summed E-state index contributed by atoms with van der Waals surface area (Å²) >= 11 is 6.20. The molecule has 1 N–H and O–H groups in total. The first-order valence-corrected chi connectivity index (χ1v) is 10.6. The Hall–Kier alpha value is -3.09. The number of amides is 1. The first-order chi connectivity index (χ1) is 15.1. The molecule has 1 fully saturated rings. The van der Waals surface area contributed by atoms with Crippen LogP contribution in [0.3, 0.4) is 0 Å². The minimum absolute atomic E-state index is 0.154. The van der Waals surface area contributed by atoms with Crippen LogP contribution in [0.25, 0.3) is 0 Å². The standard InChI is InChI=1S/C24H23ClN2O4/c25-22-6-2-1-4-17(22)14-27-15-18(7-12-23(27)28)24(29)26-19-8-10-20(11-9-19)31-16-21-5-3-13-30-21/h1-2,4,6-12,15,21H,3,5,13-14,16H2,(H,26,29). The van der Waals surface area contributed by atoms with Gasteiger partial charge in [0.25, 0.3) is 11.5 Å². The number of hydrogen-bond donors (Lipinski definition) is 1. The van der Waals surface area contributed by atoms with E-state index >= 15 is 0 Å². The van der Waals surface area contributed by atoms with Crippen LogP contribution in [0.4, 0.5) is 5.69 Å². The predicted molar refractivity (Wildman–Crippen MR) is 120 cm³/mol. The summed E-state index contributed by atoms with van der Waals surface area (Å²) in [4.78, 5) is 24.9. The van der Waals surface area contributed by atoms with Crippen molar-refractivity contribution in [2.24, 2.45) is 0 Å². The molecule has 1 unspecified atom stereocenters. The molecule has 0 aliphatic carbocycles. The molecule has 4 rings (SSSR count). The van der Waals surface area contributed by atoms with Crippen LogP contribution < -0.4 is 15.6 Å². The number of nitrogens with one attached hydrogen (secondary N) is 1. The van der Waals surface area contributed by atoms with E-state index in [0.29, 0.717) is 22.9 Å². The number of pyridine rings is 1. The van der Waals surface area contributed by atoms with E-state index in [1.54, 1.807) is 24.4 Å². The van der Waals surface area contributed by atoms with Crippen molar-refractivity contribution in [3.8, 4) is 5.75 Å². The van der Waals surface area contributed by atoms with Crippen LogP contribution in [-0.4, -0.2) is 29.8 Å². The number of anilines is 1. The second-order valence-corrected chi connectivity index (χ2v) is 7.81. The maximum absolute atomic E-state index is 12.7. The van der Waals surface area contributed by atoms with E-state index in [1.165, 1.54) is 16.7 Å². The molecule has 2 heterocycles. The Morgan fingerprint density at radius 2 is 1.94 bits per heavy atom. The summed E-state index contributed by atoms with van der Waals surface area (Å²) in [6.45, 7) is 1.61. The van der Waals surface area contributed by atoms with Crippen molar-refractivity contribution < 1.29 is 14.3 Å². The third kappa shape index (κ3) is 5.54. The number of benzene rings is 2. The normalized spacial score (nSPS) is 15.6. The molecule has 3 aromatic rings. The average Bonchev–Trinajstić information content (AvgIpc) is 3.30. The van der Waals surface area contributed by atoms with Gasteiger partial charge in [0.05, 0.1) is 18.2 Å². The third-order valence-corrected chi connectivity index (χ3v) is 5.48. The fraction of sp³-hybridized carbons (Fsp3) is 0.250. The largest absolute Gasteiger partial charge is 0.491 e. The van der Waals surface area contributed by atoms with E-state index in [0.717, 1.165) is 30.8 Å². The van der Waals surface area contributed by atoms with Gasteiger partial charge in [-0.25, -0.2) is 0 Å². The number of carbonyl (C=O) groups excluding carboxylic acids is 1. The third-order valence-electron chi connectivity index (χ3n) is 5.12. The van der Waals surface area contributed by atoms with Crippen LogP contribution in [0.15, 0.2) is 71.7 Å². The van der Waals surface area contributed by atoms with Gasteiger partial charge in [-0.15, -0.1) is 0 Å². The molecular weight excluding hydrogens is 416 g/mol. The zero-order valence-corrected chi connectivity index (χ0v) is 17.7. The Balaban J connectivity index is 1.40. The molecule has 1 aliphatic rings. The van der Waals surface area contributed by atoms with Gasteiger partial charge < -0.3 is 19.4 Å². The second-order valence-electron chi connectivity index (χ2n) is 7.40. The van der Waals surface area contributed by atoms with Crippen molar-refractivity contribution >= 4 is 23.2 Å². The Labute approximate surface area is 185 Å². The number of carbonyl (C=O) groups is 1. The van der Waals surface area contributed by atoms with E-state index < -0.39 is 0 Å². The highest BCUT2D eigenvalue weighted by Crippen LogP contribution is 2.19. The fourth-order valence-electron chi connectivity index (χ4n) is 3.40. The van der Waals surface area contributed by atoms with Crippen LogP contribution in [0, 0.1) is 0 Å². The lowest BCUT2D eigenvalue weighted by atomic mass is 10.2. The number of nitrogens with zero attached hydrogens (tertiary/aromatic N) is 1. The molecule has 160 valence electrons. The molecule has 2 aromatic carbocycles. The predicted octanol–water partition coefficient (Wildman–Crippen LogP) is 4.36. The van der Waals surface area contributed by atoms with E-state index in [2.05, 4.69) is 5.32 Å². The minimum atomic E-state index is -0.305. The summed E-state index contributed by atoms with van der Waals surface area (Å²) in [5.74, 6) is 0.419. The lowest BCUT2D eigenvalue weighted by Gasteiger charge is -2.12. The Morgan fingerprint density at radius 1 is 1.13 bits per heavy atom. The molecule has 1 saturated heterocycles. The van der Waals surface area contributed by atoms with Crippen molar-refractivity contribution in [3.05, 3.63) is 93.4 Å².